The third-order valence-corrected chi connectivity index (χ3v) is 4.86. The molecule has 0 aromatic carbocycles. The highest BCUT2D eigenvalue weighted by molar-refractivity contribution is 6.39. The van der Waals surface area contributed by atoms with E-state index in [1.807, 2.05) is 0 Å². The Hall–Kier alpha value is 0.0649. The first-order valence-corrected chi connectivity index (χ1v) is 8.57. The molecule has 0 aliphatic heterocycles. The Bertz CT molecular complexity index is 204. The van der Waals surface area contributed by atoms with Crippen LogP contribution in [0.3, 0.4) is 0 Å². The van der Waals surface area contributed by atoms with Crippen LogP contribution in [0.15, 0.2) is 0 Å². The van der Waals surface area contributed by atoms with Crippen LogP contribution in [-0.4, -0.2) is 7.28 Å². The molecule has 0 spiro atoms. The van der Waals surface area contributed by atoms with Crippen LogP contribution in [0, 0.1) is 5.41 Å². The van der Waals surface area contributed by atoms with Crippen molar-refractivity contribution in [2.24, 2.45) is 5.41 Å². The SMILES string of the molecule is CCCC(BC1CCCCC1)CC(C)(C)CCC. The van der Waals surface area contributed by atoms with Crippen molar-refractivity contribution in [2.75, 3.05) is 0 Å². The monoisotopic (exact) mass is 250 g/mol. The highest BCUT2D eigenvalue weighted by Gasteiger charge is 2.26. The standard InChI is InChI=1S/C17H35B/c1-5-10-16(14-17(3,4)13-6-2)18-15-11-8-7-9-12-15/h15-16,18H,5-14H2,1-4H3. The second kappa shape index (κ2) is 8.28. The van der Waals surface area contributed by atoms with Crippen LogP contribution >= 0.6 is 0 Å². The first-order chi connectivity index (χ1) is 8.57. The van der Waals surface area contributed by atoms with Gasteiger partial charge in [-0.2, -0.15) is 0 Å². The summed E-state index contributed by atoms with van der Waals surface area (Å²) >= 11 is 0. The van der Waals surface area contributed by atoms with Crippen LogP contribution < -0.4 is 0 Å². The summed E-state index contributed by atoms with van der Waals surface area (Å²) < 4.78 is 0. The van der Waals surface area contributed by atoms with Crippen LogP contribution in [0.2, 0.25) is 11.6 Å². The largest absolute Gasteiger partial charge is 0.127 e. The van der Waals surface area contributed by atoms with Gasteiger partial charge in [-0.15, -0.1) is 0 Å². The van der Waals surface area contributed by atoms with E-state index < -0.39 is 0 Å². The van der Waals surface area contributed by atoms with Gasteiger partial charge in [-0.3, -0.25) is 0 Å². The Morgan fingerprint density at radius 2 is 1.72 bits per heavy atom. The Balaban J connectivity index is 2.42. The van der Waals surface area contributed by atoms with Gasteiger partial charge in [0.1, 0.15) is 7.28 Å². The second-order valence-corrected chi connectivity index (χ2v) is 7.51. The molecule has 106 valence electrons. The average molecular weight is 250 g/mol. The predicted octanol–water partition coefficient (Wildman–Crippen LogP) is 5.98. The lowest BCUT2D eigenvalue weighted by atomic mass is 9.48. The molecule has 0 amide bonds. The maximum absolute atomic E-state index is 2.49. The van der Waals surface area contributed by atoms with Crippen LogP contribution in [0.4, 0.5) is 0 Å². The van der Waals surface area contributed by atoms with Crippen molar-refractivity contribution in [3.05, 3.63) is 0 Å². The predicted molar refractivity (Wildman–Crippen MR) is 85.9 cm³/mol. The third-order valence-electron chi connectivity index (χ3n) is 4.86. The lowest BCUT2D eigenvalue weighted by Gasteiger charge is -2.32. The summed E-state index contributed by atoms with van der Waals surface area (Å²) in [7, 11) is 1.53. The van der Waals surface area contributed by atoms with Crippen molar-refractivity contribution in [1.29, 1.82) is 0 Å². The Morgan fingerprint density at radius 1 is 1.06 bits per heavy atom. The number of hydrogen-bond donors (Lipinski definition) is 0. The molecule has 0 heterocycles. The highest BCUT2D eigenvalue weighted by atomic mass is 14.2. The molecule has 1 rings (SSSR count). The summed E-state index contributed by atoms with van der Waals surface area (Å²) in [5, 5.41) is 0. The van der Waals surface area contributed by atoms with Gasteiger partial charge in [0.25, 0.3) is 0 Å². The van der Waals surface area contributed by atoms with Gasteiger partial charge in [0.15, 0.2) is 0 Å². The molecule has 0 aromatic rings. The van der Waals surface area contributed by atoms with Gasteiger partial charge in [-0.1, -0.05) is 97.1 Å². The van der Waals surface area contributed by atoms with Crippen molar-refractivity contribution >= 4 is 7.28 Å². The van der Waals surface area contributed by atoms with Crippen LogP contribution in [0.1, 0.15) is 91.9 Å². The summed E-state index contributed by atoms with van der Waals surface area (Å²) in [6.45, 7) is 9.67. The molecular weight excluding hydrogens is 215 g/mol. The van der Waals surface area contributed by atoms with Crippen molar-refractivity contribution in [3.8, 4) is 0 Å². The van der Waals surface area contributed by atoms with E-state index >= 15 is 0 Å². The average Bonchev–Trinajstić information content (AvgIpc) is 2.29. The number of rotatable bonds is 8. The summed E-state index contributed by atoms with van der Waals surface area (Å²) in [6, 6.07) is 0. The van der Waals surface area contributed by atoms with E-state index in [1.165, 1.54) is 71.5 Å². The maximum atomic E-state index is 2.49. The molecular formula is C17H35B. The van der Waals surface area contributed by atoms with Crippen molar-refractivity contribution in [3.63, 3.8) is 0 Å². The van der Waals surface area contributed by atoms with Crippen molar-refractivity contribution in [2.45, 2.75) is 104 Å². The van der Waals surface area contributed by atoms with Gasteiger partial charge in [-0.25, -0.2) is 0 Å². The third kappa shape index (κ3) is 6.30. The molecule has 1 aliphatic carbocycles. The van der Waals surface area contributed by atoms with Gasteiger partial charge < -0.3 is 0 Å². The first kappa shape index (κ1) is 16.1. The summed E-state index contributed by atoms with van der Waals surface area (Å²) in [4.78, 5) is 0. The van der Waals surface area contributed by atoms with E-state index in [2.05, 4.69) is 27.7 Å². The van der Waals surface area contributed by atoms with Crippen molar-refractivity contribution < 1.29 is 0 Å². The minimum atomic E-state index is 0.573. The molecule has 1 unspecified atom stereocenters. The van der Waals surface area contributed by atoms with E-state index in [9.17, 15) is 0 Å². The molecule has 1 fully saturated rings. The van der Waals surface area contributed by atoms with Gasteiger partial charge >= 0.3 is 0 Å². The summed E-state index contributed by atoms with van der Waals surface area (Å²) in [5.41, 5.74) is 0.573. The molecule has 0 bridgehead atoms. The van der Waals surface area contributed by atoms with Crippen LogP contribution in [0.25, 0.3) is 0 Å². The van der Waals surface area contributed by atoms with E-state index in [1.54, 1.807) is 0 Å². The Kier molecular flexibility index (Phi) is 7.41. The first-order valence-electron chi connectivity index (χ1n) is 8.57. The van der Waals surface area contributed by atoms with Crippen LogP contribution in [-0.2, 0) is 0 Å². The van der Waals surface area contributed by atoms with E-state index in [0.29, 0.717) is 5.41 Å². The fourth-order valence-corrected chi connectivity index (χ4v) is 4.17. The summed E-state index contributed by atoms with van der Waals surface area (Å²) in [6.07, 6.45) is 14.6. The molecule has 0 radical (unpaired) electrons. The lowest BCUT2D eigenvalue weighted by Crippen LogP contribution is -2.21. The molecule has 1 heteroatoms. The number of hydrogen-bond acceptors (Lipinski definition) is 0. The Morgan fingerprint density at radius 3 is 2.28 bits per heavy atom. The van der Waals surface area contributed by atoms with E-state index in [-0.39, 0.29) is 0 Å². The fourth-order valence-electron chi connectivity index (χ4n) is 4.17. The van der Waals surface area contributed by atoms with Gasteiger partial charge in [-0.05, 0) is 11.8 Å². The van der Waals surface area contributed by atoms with Gasteiger partial charge in [0.2, 0.25) is 0 Å². The summed E-state index contributed by atoms with van der Waals surface area (Å²) in [5.74, 6) is 2.06. The molecule has 1 aliphatic rings. The molecule has 1 saturated carbocycles. The zero-order valence-electron chi connectivity index (χ0n) is 13.4. The molecule has 1 atom stereocenters. The smallest absolute Gasteiger partial charge is 0.0654 e. The quantitative estimate of drug-likeness (QED) is 0.465. The van der Waals surface area contributed by atoms with Crippen LogP contribution in [0.5, 0.6) is 0 Å². The van der Waals surface area contributed by atoms with Gasteiger partial charge in [0, 0.05) is 0 Å². The molecule has 18 heavy (non-hydrogen) atoms. The zero-order valence-corrected chi connectivity index (χ0v) is 13.4. The lowest BCUT2D eigenvalue weighted by molar-refractivity contribution is 0.290. The molecule has 0 saturated heterocycles. The molecule has 0 nitrogen and oxygen atoms in total. The van der Waals surface area contributed by atoms with E-state index in [4.69, 9.17) is 0 Å². The van der Waals surface area contributed by atoms with E-state index in [0.717, 1.165) is 11.6 Å². The fraction of sp³-hybridized carbons (Fsp3) is 1.00. The minimum Gasteiger partial charge on any atom is -0.0654 e. The minimum absolute atomic E-state index is 0.573. The second-order valence-electron chi connectivity index (χ2n) is 7.51. The zero-order chi connectivity index (χ0) is 13.4. The molecule has 0 aromatic heterocycles. The topological polar surface area (TPSA) is 0 Å². The normalized spacial score (nSPS) is 19.8. The maximum Gasteiger partial charge on any atom is 0.127 e. The highest BCUT2D eigenvalue weighted by Crippen LogP contribution is 2.39. The Labute approximate surface area is 117 Å². The van der Waals surface area contributed by atoms with Gasteiger partial charge in [0.05, 0.1) is 0 Å². The molecule has 0 N–H and O–H groups in total. The van der Waals surface area contributed by atoms with Crippen molar-refractivity contribution in [1.82, 2.24) is 0 Å².